The maximum absolute atomic E-state index is 10.3. The summed E-state index contributed by atoms with van der Waals surface area (Å²) >= 11 is 0. The van der Waals surface area contributed by atoms with Crippen LogP contribution in [0.2, 0.25) is 0 Å². The van der Waals surface area contributed by atoms with Crippen molar-refractivity contribution >= 4 is 6.29 Å². The van der Waals surface area contributed by atoms with Crippen LogP contribution in [0.3, 0.4) is 0 Å². The summed E-state index contributed by atoms with van der Waals surface area (Å²) in [5.41, 5.74) is 0. The van der Waals surface area contributed by atoms with E-state index < -0.39 is 18.5 Å². The zero-order valence-corrected chi connectivity index (χ0v) is 6.40. The van der Waals surface area contributed by atoms with Gasteiger partial charge in [-0.2, -0.15) is 0 Å². The normalized spacial score (nSPS) is 38.5. The molecule has 0 aliphatic carbocycles. The van der Waals surface area contributed by atoms with E-state index in [-0.39, 0.29) is 0 Å². The van der Waals surface area contributed by atoms with Crippen LogP contribution >= 0.6 is 0 Å². The van der Waals surface area contributed by atoms with E-state index >= 15 is 0 Å². The number of aldehydes is 1. The second-order valence-electron chi connectivity index (χ2n) is 2.60. The third-order valence-corrected chi connectivity index (χ3v) is 1.71. The quantitative estimate of drug-likeness (QED) is 0.563. The Kier molecular flexibility index (Phi) is 2.99. The maximum Gasteiger partial charge on any atom is 0.160 e. The number of ether oxygens (including phenoxy) is 2. The Balaban J connectivity index is 2.43. The van der Waals surface area contributed by atoms with E-state index in [1.807, 2.05) is 0 Å². The van der Waals surface area contributed by atoms with E-state index in [9.17, 15) is 9.90 Å². The lowest BCUT2D eigenvalue weighted by molar-refractivity contribution is -0.199. The molecule has 0 amide bonds. The number of aliphatic hydroxyl groups is 1. The summed E-state index contributed by atoms with van der Waals surface area (Å²) in [6.07, 6.45) is 0.0834. The summed E-state index contributed by atoms with van der Waals surface area (Å²) in [5, 5.41) is 9.19. The first-order chi connectivity index (χ1) is 5.26. The second kappa shape index (κ2) is 3.80. The standard InChI is InChI=1S/C7H12O4/c1-10-7-3-5(9)2-6(4-8)11-7/h4-7,9H,2-3H2,1H3. The average molecular weight is 160 g/mol. The van der Waals surface area contributed by atoms with E-state index in [0.29, 0.717) is 19.1 Å². The molecule has 1 saturated heterocycles. The average Bonchev–Trinajstić information content (AvgIpc) is 2.03. The molecule has 1 aliphatic rings. The lowest BCUT2D eigenvalue weighted by Gasteiger charge is -2.29. The molecule has 1 N–H and O–H groups in total. The van der Waals surface area contributed by atoms with Crippen molar-refractivity contribution in [2.45, 2.75) is 31.3 Å². The van der Waals surface area contributed by atoms with Gasteiger partial charge in [0, 0.05) is 20.0 Å². The van der Waals surface area contributed by atoms with Crippen LogP contribution in [0, 0.1) is 0 Å². The lowest BCUT2D eigenvalue weighted by atomic mass is 10.1. The van der Waals surface area contributed by atoms with Crippen LogP contribution in [-0.2, 0) is 14.3 Å². The highest BCUT2D eigenvalue weighted by molar-refractivity contribution is 5.56. The molecule has 0 aromatic carbocycles. The summed E-state index contributed by atoms with van der Waals surface area (Å²) < 4.78 is 9.96. The van der Waals surface area contributed by atoms with Gasteiger partial charge in [-0.3, -0.25) is 0 Å². The van der Waals surface area contributed by atoms with Crippen molar-refractivity contribution in [1.82, 2.24) is 0 Å². The molecule has 3 atom stereocenters. The van der Waals surface area contributed by atoms with Crippen molar-refractivity contribution < 1.29 is 19.4 Å². The van der Waals surface area contributed by atoms with E-state index in [2.05, 4.69) is 0 Å². The number of carbonyl (C=O) groups excluding carboxylic acids is 1. The van der Waals surface area contributed by atoms with Gasteiger partial charge in [-0.15, -0.1) is 0 Å². The van der Waals surface area contributed by atoms with Crippen LogP contribution in [0.1, 0.15) is 12.8 Å². The van der Waals surface area contributed by atoms with E-state index in [4.69, 9.17) is 9.47 Å². The molecule has 1 fully saturated rings. The monoisotopic (exact) mass is 160 g/mol. The fraction of sp³-hybridized carbons (Fsp3) is 0.857. The number of hydrogen-bond donors (Lipinski definition) is 1. The fourth-order valence-corrected chi connectivity index (χ4v) is 1.13. The van der Waals surface area contributed by atoms with Crippen LogP contribution in [0.5, 0.6) is 0 Å². The minimum absolute atomic E-state index is 0.378. The van der Waals surface area contributed by atoms with Crippen molar-refractivity contribution in [3.63, 3.8) is 0 Å². The molecule has 64 valence electrons. The Morgan fingerprint density at radius 3 is 2.91 bits per heavy atom. The number of methoxy groups -OCH3 is 1. The van der Waals surface area contributed by atoms with E-state index in [0.717, 1.165) is 0 Å². The molecular formula is C7H12O4. The summed E-state index contributed by atoms with van der Waals surface area (Å²) in [4.78, 5) is 10.3. The molecule has 4 heteroatoms. The van der Waals surface area contributed by atoms with Crippen molar-refractivity contribution in [1.29, 1.82) is 0 Å². The summed E-state index contributed by atoms with van der Waals surface area (Å²) in [5.74, 6) is 0. The van der Waals surface area contributed by atoms with Gasteiger partial charge in [-0.25, -0.2) is 0 Å². The first kappa shape index (κ1) is 8.64. The Morgan fingerprint density at radius 2 is 2.36 bits per heavy atom. The Labute approximate surface area is 65.1 Å². The minimum atomic E-state index is -0.510. The molecule has 3 unspecified atom stereocenters. The van der Waals surface area contributed by atoms with E-state index in [1.165, 1.54) is 7.11 Å². The largest absolute Gasteiger partial charge is 0.393 e. The highest BCUT2D eigenvalue weighted by atomic mass is 16.7. The number of hydrogen-bond acceptors (Lipinski definition) is 4. The van der Waals surface area contributed by atoms with Gasteiger partial charge >= 0.3 is 0 Å². The van der Waals surface area contributed by atoms with Gasteiger partial charge < -0.3 is 19.4 Å². The zero-order chi connectivity index (χ0) is 8.27. The zero-order valence-electron chi connectivity index (χ0n) is 6.40. The van der Waals surface area contributed by atoms with Crippen LogP contribution in [0.25, 0.3) is 0 Å². The van der Waals surface area contributed by atoms with Gasteiger partial charge in [-0.1, -0.05) is 0 Å². The topological polar surface area (TPSA) is 55.8 Å². The molecule has 4 nitrogen and oxygen atoms in total. The van der Waals surface area contributed by atoms with E-state index in [1.54, 1.807) is 0 Å². The second-order valence-corrected chi connectivity index (χ2v) is 2.60. The van der Waals surface area contributed by atoms with Crippen LogP contribution in [0.4, 0.5) is 0 Å². The smallest absolute Gasteiger partial charge is 0.160 e. The first-order valence-corrected chi connectivity index (χ1v) is 3.58. The summed E-state index contributed by atoms with van der Waals surface area (Å²) in [6.45, 7) is 0. The van der Waals surface area contributed by atoms with Crippen LogP contribution in [0.15, 0.2) is 0 Å². The van der Waals surface area contributed by atoms with Crippen LogP contribution in [-0.4, -0.2) is 37.0 Å². The Morgan fingerprint density at radius 1 is 1.64 bits per heavy atom. The van der Waals surface area contributed by atoms with Crippen LogP contribution < -0.4 is 0 Å². The molecule has 1 aliphatic heterocycles. The molecule has 0 spiro atoms. The molecule has 0 radical (unpaired) electrons. The molecule has 0 aromatic heterocycles. The van der Waals surface area contributed by atoms with Gasteiger partial charge in [0.05, 0.1) is 6.10 Å². The van der Waals surface area contributed by atoms with Gasteiger partial charge in [0.1, 0.15) is 12.4 Å². The summed E-state index contributed by atoms with van der Waals surface area (Å²) in [7, 11) is 1.49. The third kappa shape index (κ3) is 2.25. The predicted molar refractivity (Wildman–Crippen MR) is 37.0 cm³/mol. The van der Waals surface area contributed by atoms with Gasteiger partial charge in [0.2, 0.25) is 0 Å². The molecule has 0 aromatic rings. The third-order valence-electron chi connectivity index (χ3n) is 1.71. The molecule has 1 rings (SSSR count). The van der Waals surface area contributed by atoms with Crippen molar-refractivity contribution in [2.75, 3.05) is 7.11 Å². The maximum atomic E-state index is 10.3. The van der Waals surface area contributed by atoms with Gasteiger partial charge in [0.25, 0.3) is 0 Å². The molecular weight excluding hydrogens is 148 g/mol. The predicted octanol–water partition coefficient (Wildman–Crippen LogP) is -0.302. The molecule has 0 saturated carbocycles. The molecule has 0 bridgehead atoms. The Hall–Kier alpha value is -0.450. The molecule has 11 heavy (non-hydrogen) atoms. The minimum Gasteiger partial charge on any atom is -0.393 e. The first-order valence-electron chi connectivity index (χ1n) is 3.58. The Bertz CT molecular complexity index is 136. The van der Waals surface area contributed by atoms with Crippen molar-refractivity contribution in [3.8, 4) is 0 Å². The molecule has 1 heterocycles. The highest BCUT2D eigenvalue weighted by Crippen LogP contribution is 2.18. The fourth-order valence-electron chi connectivity index (χ4n) is 1.13. The number of rotatable bonds is 2. The van der Waals surface area contributed by atoms with Crippen molar-refractivity contribution in [3.05, 3.63) is 0 Å². The lowest BCUT2D eigenvalue weighted by Crippen LogP contribution is -2.37. The summed E-state index contributed by atoms with van der Waals surface area (Å²) in [6, 6.07) is 0. The SMILES string of the molecule is COC1CC(O)CC(C=O)O1. The highest BCUT2D eigenvalue weighted by Gasteiger charge is 2.27. The number of aliphatic hydroxyl groups excluding tert-OH is 1. The number of carbonyl (C=O) groups is 1. The van der Waals surface area contributed by atoms with Gasteiger partial charge in [-0.05, 0) is 0 Å². The van der Waals surface area contributed by atoms with Crippen molar-refractivity contribution in [2.24, 2.45) is 0 Å². The van der Waals surface area contributed by atoms with Gasteiger partial charge in [0.15, 0.2) is 6.29 Å².